The van der Waals surface area contributed by atoms with Crippen molar-refractivity contribution in [3.05, 3.63) is 71.0 Å². The molecular weight excluding hydrogens is 253 g/mol. The molecule has 0 saturated carbocycles. The fraction of sp³-hybridized carbons (Fsp3) is 0.294. The van der Waals surface area contributed by atoms with Crippen LogP contribution in [0, 0.1) is 5.82 Å². The van der Waals surface area contributed by atoms with Crippen LogP contribution in [0.15, 0.2) is 48.5 Å². The minimum Gasteiger partial charge on any atom is -0.372 e. The van der Waals surface area contributed by atoms with Crippen molar-refractivity contribution in [1.29, 1.82) is 0 Å². The summed E-state index contributed by atoms with van der Waals surface area (Å²) in [4.78, 5) is 0. The van der Waals surface area contributed by atoms with E-state index in [2.05, 4.69) is 12.1 Å². The van der Waals surface area contributed by atoms with Crippen LogP contribution in [-0.2, 0) is 17.6 Å². The Morgan fingerprint density at radius 3 is 2.75 bits per heavy atom. The van der Waals surface area contributed by atoms with Crippen LogP contribution in [0.5, 0.6) is 0 Å². The molecular formula is C17H18FNO. The Balaban J connectivity index is 1.82. The molecule has 20 heavy (non-hydrogen) atoms. The molecule has 0 aliphatic carbocycles. The smallest absolute Gasteiger partial charge is 0.126 e. The maximum atomic E-state index is 13.7. The average molecular weight is 271 g/mol. The molecule has 2 aromatic carbocycles. The van der Waals surface area contributed by atoms with E-state index in [9.17, 15) is 4.39 Å². The molecule has 0 spiro atoms. The van der Waals surface area contributed by atoms with Gasteiger partial charge in [0.25, 0.3) is 0 Å². The number of ether oxygens (including phenoxy) is 1. The zero-order valence-electron chi connectivity index (χ0n) is 11.3. The molecule has 0 bridgehead atoms. The van der Waals surface area contributed by atoms with Crippen LogP contribution in [-0.4, -0.2) is 12.6 Å². The predicted molar refractivity (Wildman–Crippen MR) is 76.9 cm³/mol. The van der Waals surface area contributed by atoms with Gasteiger partial charge in [-0.2, -0.15) is 0 Å². The topological polar surface area (TPSA) is 35.2 Å². The molecule has 1 heterocycles. The van der Waals surface area contributed by atoms with Crippen molar-refractivity contribution >= 4 is 0 Å². The molecule has 0 fully saturated rings. The highest BCUT2D eigenvalue weighted by molar-refractivity contribution is 5.32. The molecule has 2 aromatic rings. The SMILES string of the molecule is NC(Cc1ccccc1F)C1OCCc2ccccc21. The fourth-order valence-electron chi connectivity index (χ4n) is 2.80. The first-order valence-electron chi connectivity index (χ1n) is 6.94. The molecule has 3 heteroatoms. The van der Waals surface area contributed by atoms with Gasteiger partial charge in [0.05, 0.1) is 12.7 Å². The molecule has 0 saturated heterocycles. The third-order valence-electron chi connectivity index (χ3n) is 3.83. The first-order chi connectivity index (χ1) is 9.75. The van der Waals surface area contributed by atoms with E-state index in [-0.39, 0.29) is 18.0 Å². The van der Waals surface area contributed by atoms with Crippen LogP contribution >= 0.6 is 0 Å². The monoisotopic (exact) mass is 271 g/mol. The van der Waals surface area contributed by atoms with E-state index >= 15 is 0 Å². The Hall–Kier alpha value is -1.71. The van der Waals surface area contributed by atoms with E-state index in [4.69, 9.17) is 10.5 Å². The van der Waals surface area contributed by atoms with Crippen molar-refractivity contribution in [2.24, 2.45) is 5.73 Å². The first kappa shape index (κ1) is 13.3. The van der Waals surface area contributed by atoms with E-state index in [0.717, 1.165) is 12.0 Å². The summed E-state index contributed by atoms with van der Waals surface area (Å²) in [6.45, 7) is 0.673. The van der Waals surface area contributed by atoms with Crippen LogP contribution < -0.4 is 5.73 Å². The van der Waals surface area contributed by atoms with Gasteiger partial charge in [0.2, 0.25) is 0 Å². The summed E-state index contributed by atoms with van der Waals surface area (Å²) in [6.07, 6.45) is 1.24. The summed E-state index contributed by atoms with van der Waals surface area (Å²) in [7, 11) is 0. The van der Waals surface area contributed by atoms with Gasteiger partial charge in [-0.3, -0.25) is 0 Å². The number of fused-ring (bicyclic) bond motifs is 1. The number of halogens is 1. The predicted octanol–water partition coefficient (Wildman–Crippen LogP) is 3.01. The maximum absolute atomic E-state index is 13.7. The van der Waals surface area contributed by atoms with Gasteiger partial charge in [-0.05, 0) is 35.6 Å². The van der Waals surface area contributed by atoms with Crippen LogP contribution in [0.2, 0.25) is 0 Å². The van der Waals surface area contributed by atoms with Crippen molar-refractivity contribution in [3.8, 4) is 0 Å². The fourth-order valence-corrected chi connectivity index (χ4v) is 2.80. The van der Waals surface area contributed by atoms with Gasteiger partial charge < -0.3 is 10.5 Å². The molecule has 3 rings (SSSR count). The molecule has 104 valence electrons. The zero-order valence-corrected chi connectivity index (χ0v) is 11.3. The Kier molecular flexibility index (Phi) is 3.81. The Bertz CT molecular complexity index is 599. The standard InChI is InChI=1S/C17H18FNO/c18-15-8-4-2-6-13(15)11-16(19)17-14-7-3-1-5-12(14)9-10-20-17/h1-8,16-17H,9-11,19H2. The van der Waals surface area contributed by atoms with E-state index < -0.39 is 0 Å². The summed E-state index contributed by atoms with van der Waals surface area (Å²) >= 11 is 0. The van der Waals surface area contributed by atoms with E-state index in [1.807, 2.05) is 18.2 Å². The van der Waals surface area contributed by atoms with Gasteiger partial charge >= 0.3 is 0 Å². The van der Waals surface area contributed by atoms with Crippen LogP contribution in [0.4, 0.5) is 4.39 Å². The van der Waals surface area contributed by atoms with Gasteiger partial charge in [-0.25, -0.2) is 4.39 Å². The van der Waals surface area contributed by atoms with Crippen molar-refractivity contribution in [3.63, 3.8) is 0 Å². The lowest BCUT2D eigenvalue weighted by atomic mass is 9.90. The van der Waals surface area contributed by atoms with Crippen molar-refractivity contribution in [1.82, 2.24) is 0 Å². The van der Waals surface area contributed by atoms with Gasteiger partial charge in [0.15, 0.2) is 0 Å². The van der Waals surface area contributed by atoms with Crippen molar-refractivity contribution in [2.75, 3.05) is 6.61 Å². The second-order valence-electron chi connectivity index (χ2n) is 5.20. The molecule has 0 aromatic heterocycles. The van der Waals surface area contributed by atoms with Gasteiger partial charge in [-0.1, -0.05) is 42.5 Å². The summed E-state index contributed by atoms with van der Waals surface area (Å²) in [5.74, 6) is -0.202. The molecule has 1 aliphatic heterocycles. The lowest BCUT2D eigenvalue weighted by molar-refractivity contribution is 0.0245. The third-order valence-corrected chi connectivity index (χ3v) is 3.83. The van der Waals surface area contributed by atoms with Crippen molar-refractivity contribution < 1.29 is 9.13 Å². The second-order valence-corrected chi connectivity index (χ2v) is 5.20. The number of hydrogen-bond acceptors (Lipinski definition) is 2. The molecule has 0 radical (unpaired) electrons. The van der Waals surface area contributed by atoms with Crippen LogP contribution in [0.25, 0.3) is 0 Å². The third kappa shape index (κ3) is 2.60. The molecule has 2 atom stereocenters. The highest BCUT2D eigenvalue weighted by atomic mass is 19.1. The molecule has 0 amide bonds. The highest BCUT2D eigenvalue weighted by Gasteiger charge is 2.26. The van der Waals surface area contributed by atoms with E-state index in [1.54, 1.807) is 12.1 Å². The summed E-state index contributed by atoms with van der Waals surface area (Å²) in [6, 6.07) is 14.7. The molecule has 2 nitrogen and oxygen atoms in total. The quantitative estimate of drug-likeness (QED) is 0.931. The maximum Gasteiger partial charge on any atom is 0.126 e. The van der Waals surface area contributed by atoms with Gasteiger partial charge in [0, 0.05) is 6.04 Å². The van der Waals surface area contributed by atoms with Crippen LogP contribution in [0.1, 0.15) is 22.8 Å². The Morgan fingerprint density at radius 2 is 1.90 bits per heavy atom. The number of benzene rings is 2. The summed E-state index contributed by atoms with van der Waals surface area (Å²) in [5, 5.41) is 0. The van der Waals surface area contributed by atoms with Gasteiger partial charge in [0.1, 0.15) is 5.82 Å². The minimum absolute atomic E-state index is 0.153. The lowest BCUT2D eigenvalue weighted by Gasteiger charge is -2.30. The van der Waals surface area contributed by atoms with Gasteiger partial charge in [-0.15, -0.1) is 0 Å². The zero-order chi connectivity index (χ0) is 13.9. The van der Waals surface area contributed by atoms with Crippen molar-refractivity contribution in [2.45, 2.75) is 25.0 Å². The molecule has 2 unspecified atom stereocenters. The minimum atomic E-state index is -0.242. The Morgan fingerprint density at radius 1 is 1.15 bits per heavy atom. The highest BCUT2D eigenvalue weighted by Crippen LogP contribution is 2.30. The molecule has 1 aliphatic rings. The molecule has 2 N–H and O–H groups in total. The number of nitrogens with two attached hydrogens (primary N) is 1. The van der Waals surface area contributed by atoms with E-state index in [0.29, 0.717) is 18.6 Å². The summed E-state index contributed by atoms with van der Waals surface area (Å²) in [5.41, 5.74) is 9.34. The van der Waals surface area contributed by atoms with E-state index in [1.165, 1.54) is 11.6 Å². The summed E-state index contributed by atoms with van der Waals surface area (Å²) < 4.78 is 19.5. The second kappa shape index (κ2) is 5.73. The number of hydrogen-bond donors (Lipinski definition) is 1. The average Bonchev–Trinajstić information content (AvgIpc) is 2.49. The van der Waals surface area contributed by atoms with Crippen LogP contribution in [0.3, 0.4) is 0 Å². The Labute approximate surface area is 118 Å². The largest absolute Gasteiger partial charge is 0.372 e. The normalized spacial score (nSPS) is 19.4. The number of rotatable bonds is 3. The first-order valence-corrected chi connectivity index (χ1v) is 6.94. The lowest BCUT2D eigenvalue weighted by Crippen LogP contribution is -2.35.